The molecule has 5 nitrogen and oxygen atoms in total. The molecule has 112 valence electrons. The van der Waals surface area contributed by atoms with Crippen LogP contribution in [0.4, 0.5) is 0 Å². The molecular formula is C14H22N2O3S. The number of methoxy groups -OCH3 is 1. The van der Waals surface area contributed by atoms with Crippen LogP contribution in [0.2, 0.25) is 0 Å². The average Bonchev–Trinajstić information content (AvgIpc) is 3.10. The second-order valence-corrected chi connectivity index (χ2v) is 6.89. The number of hydrogen-bond acceptors (Lipinski definition) is 4. The van der Waals surface area contributed by atoms with Gasteiger partial charge in [-0.3, -0.25) is 0 Å². The summed E-state index contributed by atoms with van der Waals surface area (Å²) in [5.74, 6) is 0.798. The van der Waals surface area contributed by atoms with Crippen molar-refractivity contribution in [1.82, 2.24) is 10.0 Å². The van der Waals surface area contributed by atoms with E-state index in [0.29, 0.717) is 18.2 Å². The van der Waals surface area contributed by atoms with Crippen LogP contribution in [0.5, 0.6) is 5.75 Å². The van der Waals surface area contributed by atoms with E-state index in [2.05, 4.69) is 10.0 Å². The Morgan fingerprint density at radius 1 is 1.40 bits per heavy atom. The number of hydrogen-bond donors (Lipinski definition) is 2. The van der Waals surface area contributed by atoms with Gasteiger partial charge in [-0.2, -0.15) is 0 Å². The Balaban J connectivity index is 2.27. The van der Waals surface area contributed by atoms with E-state index in [1.54, 1.807) is 12.1 Å². The van der Waals surface area contributed by atoms with E-state index in [1.807, 2.05) is 19.9 Å². The van der Waals surface area contributed by atoms with Crippen LogP contribution in [0.25, 0.3) is 0 Å². The highest BCUT2D eigenvalue weighted by Gasteiger charge is 2.37. The van der Waals surface area contributed by atoms with Gasteiger partial charge in [-0.05, 0) is 36.6 Å². The minimum atomic E-state index is -3.52. The second kappa shape index (κ2) is 6.11. The van der Waals surface area contributed by atoms with Gasteiger partial charge in [-0.25, -0.2) is 13.1 Å². The van der Waals surface area contributed by atoms with Gasteiger partial charge in [0, 0.05) is 12.6 Å². The Hall–Kier alpha value is -1.11. The molecular weight excluding hydrogens is 276 g/mol. The van der Waals surface area contributed by atoms with Crippen molar-refractivity contribution in [3.05, 3.63) is 23.8 Å². The number of sulfonamides is 1. The summed E-state index contributed by atoms with van der Waals surface area (Å²) in [7, 11) is -2.04. The zero-order valence-corrected chi connectivity index (χ0v) is 13.0. The van der Waals surface area contributed by atoms with Crippen LogP contribution in [0.3, 0.4) is 0 Å². The first-order chi connectivity index (χ1) is 9.47. The van der Waals surface area contributed by atoms with Crippen molar-refractivity contribution in [2.75, 3.05) is 13.7 Å². The molecule has 2 atom stereocenters. The fraction of sp³-hybridized carbons (Fsp3) is 0.571. The van der Waals surface area contributed by atoms with Gasteiger partial charge in [0.2, 0.25) is 10.0 Å². The van der Waals surface area contributed by atoms with E-state index in [-0.39, 0.29) is 10.9 Å². The zero-order chi connectivity index (χ0) is 14.8. The van der Waals surface area contributed by atoms with Gasteiger partial charge < -0.3 is 10.1 Å². The molecule has 1 fully saturated rings. The Kier molecular flexibility index (Phi) is 4.67. The van der Waals surface area contributed by atoms with E-state index in [0.717, 1.165) is 18.5 Å². The molecule has 1 aliphatic carbocycles. The van der Waals surface area contributed by atoms with Crippen molar-refractivity contribution in [2.24, 2.45) is 5.92 Å². The molecule has 2 N–H and O–H groups in total. The predicted molar refractivity (Wildman–Crippen MR) is 78.3 cm³/mol. The summed E-state index contributed by atoms with van der Waals surface area (Å²) in [6.07, 6.45) is 0.901. The van der Waals surface area contributed by atoms with Crippen molar-refractivity contribution in [2.45, 2.75) is 37.8 Å². The summed E-state index contributed by atoms with van der Waals surface area (Å²) in [6.45, 7) is 5.53. The predicted octanol–water partition coefficient (Wildman–Crippen LogP) is 1.49. The topological polar surface area (TPSA) is 67.4 Å². The highest BCUT2D eigenvalue weighted by Crippen LogP contribution is 2.32. The van der Waals surface area contributed by atoms with Gasteiger partial charge in [-0.15, -0.1) is 0 Å². The maximum Gasteiger partial charge on any atom is 0.244 e. The highest BCUT2D eigenvalue weighted by molar-refractivity contribution is 7.89. The molecule has 0 aliphatic heterocycles. The smallest absolute Gasteiger partial charge is 0.244 e. The van der Waals surface area contributed by atoms with Crippen LogP contribution in [-0.2, 0) is 16.6 Å². The van der Waals surface area contributed by atoms with Gasteiger partial charge in [-0.1, -0.05) is 19.9 Å². The van der Waals surface area contributed by atoms with Crippen molar-refractivity contribution < 1.29 is 13.2 Å². The fourth-order valence-electron chi connectivity index (χ4n) is 2.06. The van der Waals surface area contributed by atoms with E-state index in [1.165, 1.54) is 7.11 Å². The normalized spacial score (nSPS) is 21.8. The number of ether oxygens (including phenoxy) is 1. The first-order valence-corrected chi connectivity index (χ1v) is 8.36. The summed E-state index contributed by atoms with van der Waals surface area (Å²) < 4.78 is 32.8. The zero-order valence-electron chi connectivity index (χ0n) is 12.1. The third-order valence-corrected chi connectivity index (χ3v) is 5.02. The second-order valence-electron chi connectivity index (χ2n) is 5.21. The van der Waals surface area contributed by atoms with Gasteiger partial charge in [0.05, 0.1) is 7.11 Å². The molecule has 1 aliphatic rings. The van der Waals surface area contributed by atoms with Crippen LogP contribution in [0.15, 0.2) is 23.1 Å². The molecule has 0 heterocycles. The number of benzene rings is 1. The summed E-state index contributed by atoms with van der Waals surface area (Å²) in [6, 6.07) is 5.32. The molecule has 0 spiro atoms. The van der Waals surface area contributed by atoms with Crippen molar-refractivity contribution in [3.8, 4) is 5.75 Å². The van der Waals surface area contributed by atoms with Gasteiger partial charge in [0.25, 0.3) is 0 Å². The van der Waals surface area contributed by atoms with Crippen LogP contribution in [0, 0.1) is 5.92 Å². The molecule has 0 aromatic heterocycles. The Labute approximate surface area is 120 Å². The third kappa shape index (κ3) is 3.50. The minimum Gasteiger partial charge on any atom is -0.495 e. The molecule has 0 radical (unpaired) electrons. The molecule has 2 rings (SSSR count). The Bertz CT molecular complexity index is 572. The lowest BCUT2D eigenvalue weighted by Gasteiger charge is -2.12. The summed E-state index contributed by atoms with van der Waals surface area (Å²) >= 11 is 0. The van der Waals surface area contributed by atoms with Crippen LogP contribution >= 0.6 is 0 Å². The van der Waals surface area contributed by atoms with E-state index in [9.17, 15) is 8.42 Å². The standard InChI is InChI=1S/C14H22N2O3S/c1-4-15-9-11-5-6-13(19-3)14(8-11)20(17,18)16-12-7-10(12)2/h5-6,8,10,12,15-16H,4,7,9H2,1-3H3. The monoisotopic (exact) mass is 298 g/mol. The molecule has 6 heteroatoms. The number of nitrogens with one attached hydrogen (secondary N) is 2. The highest BCUT2D eigenvalue weighted by atomic mass is 32.2. The van der Waals surface area contributed by atoms with Gasteiger partial charge in [0.15, 0.2) is 0 Å². The first kappa shape index (κ1) is 15.3. The largest absolute Gasteiger partial charge is 0.495 e. The molecule has 1 saturated carbocycles. The van der Waals surface area contributed by atoms with Crippen LogP contribution in [-0.4, -0.2) is 28.1 Å². The van der Waals surface area contributed by atoms with E-state index < -0.39 is 10.0 Å². The SMILES string of the molecule is CCNCc1ccc(OC)c(S(=O)(=O)NC2CC2C)c1. The van der Waals surface area contributed by atoms with Gasteiger partial charge >= 0.3 is 0 Å². The van der Waals surface area contributed by atoms with Crippen molar-refractivity contribution in [1.29, 1.82) is 0 Å². The molecule has 20 heavy (non-hydrogen) atoms. The third-order valence-electron chi connectivity index (χ3n) is 3.51. The summed E-state index contributed by atoms with van der Waals surface area (Å²) in [5, 5.41) is 3.18. The summed E-state index contributed by atoms with van der Waals surface area (Å²) in [5.41, 5.74) is 0.928. The molecule has 1 aromatic rings. The van der Waals surface area contributed by atoms with Crippen molar-refractivity contribution in [3.63, 3.8) is 0 Å². The maximum absolute atomic E-state index is 12.4. The van der Waals surface area contributed by atoms with Crippen molar-refractivity contribution >= 4 is 10.0 Å². The lowest BCUT2D eigenvalue weighted by atomic mass is 10.2. The number of rotatable bonds is 7. The molecule has 0 amide bonds. The molecule has 0 saturated heterocycles. The van der Waals surface area contributed by atoms with E-state index >= 15 is 0 Å². The average molecular weight is 298 g/mol. The van der Waals surface area contributed by atoms with Crippen LogP contribution in [0.1, 0.15) is 25.8 Å². The lowest BCUT2D eigenvalue weighted by Crippen LogP contribution is -2.27. The molecule has 1 aromatic carbocycles. The Morgan fingerprint density at radius 2 is 2.10 bits per heavy atom. The molecule has 2 unspecified atom stereocenters. The van der Waals surface area contributed by atoms with E-state index in [4.69, 9.17) is 4.74 Å². The Morgan fingerprint density at radius 3 is 2.65 bits per heavy atom. The van der Waals surface area contributed by atoms with Crippen LogP contribution < -0.4 is 14.8 Å². The molecule has 0 bridgehead atoms. The first-order valence-electron chi connectivity index (χ1n) is 6.88. The summed E-state index contributed by atoms with van der Waals surface area (Å²) in [4.78, 5) is 0.217. The quantitative estimate of drug-likeness (QED) is 0.800. The fourth-order valence-corrected chi connectivity index (χ4v) is 3.64. The minimum absolute atomic E-state index is 0.0575. The maximum atomic E-state index is 12.4. The van der Waals surface area contributed by atoms with Gasteiger partial charge in [0.1, 0.15) is 10.6 Å². The lowest BCUT2D eigenvalue weighted by molar-refractivity contribution is 0.402.